The molecule has 0 bridgehead atoms. The predicted octanol–water partition coefficient (Wildman–Crippen LogP) is 2.29. The summed E-state index contributed by atoms with van der Waals surface area (Å²) in [4.78, 5) is 14.6. The highest BCUT2D eigenvalue weighted by molar-refractivity contribution is 5.79. The van der Waals surface area contributed by atoms with Gasteiger partial charge in [-0.15, -0.1) is 0 Å². The first-order valence-corrected chi connectivity index (χ1v) is 7.33. The van der Waals surface area contributed by atoms with Crippen LogP contribution in [-0.4, -0.2) is 17.4 Å². The molecule has 1 saturated carbocycles. The van der Waals surface area contributed by atoms with E-state index in [9.17, 15) is 4.79 Å². The third-order valence-corrected chi connectivity index (χ3v) is 4.68. The standard InChI is InChI=1S/C16H22N2O/c17-9-12-5-7-13(8-6-12)16(19)18-10-14-3-1-2-4-15(14)11-18/h1-4,12-13H,5-11,17H2. The van der Waals surface area contributed by atoms with E-state index in [-0.39, 0.29) is 5.92 Å². The summed E-state index contributed by atoms with van der Waals surface area (Å²) < 4.78 is 0. The Labute approximate surface area is 114 Å². The van der Waals surface area contributed by atoms with Gasteiger partial charge in [-0.25, -0.2) is 0 Å². The Hall–Kier alpha value is -1.35. The van der Waals surface area contributed by atoms with Crippen molar-refractivity contribution < 1.29 is 4.79 Å². The highest BCUT2D eigenvalue weighted by Crippen LogP contribution is 2.32. The van der Waals surface area contributed by atoms with Crippen LogP contribution >= 0.6 is 0 Å². The second kappa shape index (κ2) is 5.33. The second-order valence-electron chi connectivity index (χ2n) is 5.92. The Bertz CT molecular complexity index is 439. The van der Waals surface area contributed by atoms with Crippen molar-refractivity contribution in [2.75, 3.05) is 6.54 Å². The Kier molecular flexibility index (Phi) is 3.56. The Balaban J connectivity index is 1.61. The summed E-state index contributed by atoms with van der Waals surface area (Å²) in [5.74, 6) is 1.23. The highest BCUT2D eigenvalue weighted by atomic mass is 16.2. The number of amides is 1. The SMILES string of the molecule is NCC1CCC(C(=O)N2Cc3ccccc3C2)CC1. The number of hydrogen-bond donors (Lipinski definition) is 1. The van der Waals surface area contributed by atoms with Crippen LogP contribution in [0.2, 0.25) is 0 Å². The van der Waals surface area contributed by atoms with Gasteiger partial charge in [-0.1, -0.05) is 24.3 Å². The average molecular weight is 258 g/mol. The van der Waals surface area contributed by atoms with Crippen molar-refractivity contribution in [2.45, 2.75) is 38.8 Å². The van der Waals surface area contributed by atoms with Gasteiger partial charge >= 0.3 is 0 Å². The summed E-state index contributed by atoms with van der Waals surface area (Å²) in [6, 6.07) is 8.38. The maximum Gasteiger partial charge on any atom is 0.226 e. The van der Waals surface area contributed by atoms with Gasteiger partial charge in [0.15, 0.2) is 0 Å². The first-order chi connectivity index (χ1) is 9.28. The van der Waals surface area contributed by atoms with E-state index in [1.54, 1.807) is 0 Å². The van der Waals surface area contributed by atoms with Crippen LogP contribution in [0.1, 0.15) is 36.8 Å². The third kappa shape index (κ3) is 2.52. The zero-order valence-corrected chi connectivity index (χ0v) is 11.3. The van der Waals surface area contributed by atoms with E-state index in [0.717, 1.165) is 45.3 Å². The molecule has 1 aromatic rings. The van der Waals surface area contributed by atoms with Crippen molar-refractivity contribution in [3.05, 3.63) is 35.4 Å². The van der Waals surface area contributed by atoms with Crippen LogP contribution < -0.4 is 5.73 Å². The number of rotatable bonds is 2. The molecule has 2 N–H and O–H groups in total. The molecule has 1 aliphatic heterocycles. The molecule has 3 rings (SSSR count). The quantitative estimate of drug-likeness (QED) is 0.884. The van der Waals surface area contributed by atoms with E-state index < -0.39 is 0 Å². The lowest BCUT2D eigenvalue weighted by Crippen LogP contribution is -2.35. The maximum atomic E-state index is 12.6. The molecule has 2 aliphatic rings. The normalized spacial score (nSPS) is 26.3. The molecule has 0 radical (unpaired) electrons. The van der Waals surface area contributed by atoms with E-state index in [4.69, 9.17) is 5.73 Å². The topological polar surface area (TPSA) is 46.3 Å². The van der Waals surface area contributed by atoms with Crippen molar-refractivity contribution >= 4 is 5.91 Å². The van der Waals surface area contributed by atoms with Crippen LogP contribution in [0.25, 0.3) is 0 Å². The summed E-state index contributed by atoms with van der Waals surface area (Å²) in [5.41, 5.74) is 8.33. The average Bonchev–Trinajstić information content (AvgIpc) is 2.90. The molecule has 0 spiro atoms. The number of nitrogens with two attached hydrogens (primary N) is 1. The zero-order valence-electron chi connectivity index (χ0n) is 11.3. The van der Waals surface area contributed by atoms with Gasteiger partial charge in [0, 0.05) is 19.0 Å². The van der Waals surface area contributed by atoms with E-state index in [2.05, 4.69) is 24.3 Å². The predicted molar refractivity (Wildman–Crippen MR) is 75.2 cm³/mol. The van der Waals surface area contributed by atoms with Gasteiger partial charge in [0.2, 0.25) is 5.91 Å². The molecule has 1 fully saturated rings. The fourth-order valence-electron chi connectivity index (χ4n) is 3.39. The van der Waals surface area contributed by atoms with E-state index in [1.807, 2.05) is 4.90 Å². The minimum atomic E-state index is 0.233. The molecule has 0 atom stereocenters. The number of nitrogens with zero attached hydrogens (tertiary/aromatic N) is 1. The first kappa shape index (κ1) is 12.7. The largest absolute Gasteiger partial charge is 0.334 e. The van der Waals surface area contributed by atoms with Crippen LogP contribution in [0.15, 0.2) is 24.3 Å². The molecule has 1 heterocycles. The highest BCUT2D eigenvalue weighted by Gasteiger charge is 2.31. The summed E-state index contributed by atoms with van der Waals surface area (Å²) in [6.45, 7) is 2.37. The molecule has 1 aromatic carbocycles. The summed E-state index contributed by atoms with van der Waals surface area (Å²) in [6.07, 6.45) is 4.28. The molecule has 3 heteroatoms. The fourth-order valence-corrected chi connectivity index (χ4v) is 3.39. The maximum absolute atomic E-state index is 12.6. The van der Waals surface area contributed by atoms with Crippen LogP contribution in [-0.2, 0) is 17.9 Å². The smallest absolute Gasteiger partial charge is 0.226 e. The lowest BCUT2D eigenvalue weighted by atomic mass is 9.81. The van der Waals surface area contributed by atoms with Crippen LogP contribution in [0.3, 0.4) is 0 Å². The molecule has 19 heavy (non-hydrogen) atoms. The number of carbonyl (C=O) groups excluding carboxylic acids is 1. The number of fused-ring (bicyclic) bond motifs is 1. The molecule has 1 aliphatic carbocycles. The summed E-state index contributed by atoms with van der Waals surface area (Å²) >= 11 is 0. The lowest BCUT2D eigenvalue weighted by molar-refractivity contribution is -0.137. The van der Waals surface area contributed by atoms with Gasteiger partial charge in [-0.2, -0.15) is 0 Å². The molecule has 3 nitrogen and oxygen atoms in total. The van der Waals surface area contributed by atoms with E-state index >= 15 is 0 Å². The summed E-state index contributed by atoms with van der Waals surface area (Å²) in [5, 5.41) is 0. The van der Waals surface area contributed by atoms with Crippen molar-refractivity contribution in [3.8, 4) is 0 Å². The van der Waals surface area contributed by atoms with Gasteiger partial charge in [0.05, 0.1) is 0 Å². The van der Waals surface area contributed by atoms with Crippen molar-refractivity contribution in [2.24, 2.45) is 17.6 Å². The molecule has 0 aromatic heterocycles. The summed E-state index contributed by atoms with van der Waals surface area (Å²) in [7, 11) is 0. The molecular weight excluding hydrogens is 236 g/mol. The van der Waals surface area contributed by atoms with Gasteiger partial charge in [0.1, 0.15) is 0 Å². The van der Waals surface area contributed by atoms with Crippen molar-refractivity contribution in [1.82, 2.24) is 4.90 Å². The Morgan fingerprint density at radius 1 is 1.11 bits per heavy atom. The molecule has 0 saturated heterocycles. The Morgan fingerprint density at radius 2 is 1.68 bits per heavy atom. The number of hydrogen-bond acceptors (Lipinski definition) is 2. The fraction of sp³-hybridized carbons (Fsp3) is 0.562. The molecule has 0 unspecified atom stereocenters. The second-order valence-corrected chi connectivity index (χ2v) is 5.92. The number of benzene rings is 1. The third-order valence-electron chi connectivity index (χ3n) is 4.68. The minimum absolute atomic E-state index is 0.233. The molecule has 1 amide bonds. The lowest BCUT2D eigenvalue weighted by Gasteiger charge is -2.29. The van der Waals surface area contributed by atoms with E-state index in [0.29, 0.717) is 11.8 Å². The Morgan fingerprint density at radius 3 is 2.21 bits per heavy atom. The van der Waals surface area contributed by atoms with Crippen molar-refractivity contribution in [1.29, 1.82) is 0 Å². The van der Waals surface area contributed by atoms with Gasteiger partial charge in [-0.05, 0) is 49.3 Å². The van der Waals surface area contributed by atoms with Gasteiger partial charge in [-0.3, -0.25) is 4.79 Å². The van der Waals surface area contributed by atoms with Crippen molar-refractivity contribution in [3.63, 3.8) is 0 Å². The first-order valence-electron chi connectivity index (χ1n) is 7.33. The van der Waals surface area contributed by atoms with E-state index in [1.165, 1.54) is 11.1 Å². The van der Waals surface area contributed by atoms with Crippen LogP contribution in [0, 0.1) is 11.8 Å². The van der Waals surface area contributed by atoms with Gasteiger partial charge in [0.25, 0.3) is 0 Å². The monoisotopic (exact) mass is 258 g/mol. The van der Waals surface area contributed by atoms with Crippen LogP contribution in [0.4, 0.5) is 0 Å². The molecular formula is C16H22N2O. The minimum Gasteiger partial charge on any atom is -0.334 e. The molecule has 102 valence electrons. The zero-order chi connectivity index (χ0) is 13.2. The van der Waals surface area contributed by atoms with Crippen LogP contribution in [0.5, 0.6) is 0 Å². The number of carbonyl (C=O) groups is 1. The van der Waals surface area contributed by atoms with Gasteiger partial charge < -0.3 is 10.6 Å².